The molecule has 5 nitrogen and oxygen atoms in total. The Labute approximate surface area is 175 Å². The van der Waals surface area contributed by atoms with E-state index in [1.807, 2.05) is 54.3 Å². The summed E-state index contributed by atoms with van der Waals surface area (Å²) < 4.78 is 0. The number of benzene rings is 2. The maximum atomic E-state index is 13.2. The number of carbonyl (C=O) groups is 1. The number of piperidine rings is 1. The summed E-state index contributed by atoms with van der Waals surface area (Å²) in [6.07, 6.45) is 2.03. The van der Waals surface area contributed by atoms with E-state index in [4.69, 9.17) is 4.98 Å². The summed E-state index contributed by atoms with van der Waals surface area (Å²) in [5.74, 6) is 1.19. The number of hydrogen-bond donors (Lipinski definition) is 1. The van der Waals surface area contributed by atoms with Gasteiger partial charge in [0.05, 0.1) is 16.7 Å². The largest absolute Gasteiger partial charge is 0.342 e. The van der Waals surface area contributed by atoms with Crippen molar-refractivity contribution in [3.63, 3.8) is 0 Å². The van der Waals surface area contributed by atoms with Crippen molar-refractivity contribution in [3.05, 3.63) is 83.8 Å². The van der Waals surface area contributed by atoms with Gasteiger partial charge in [0.15, 0.2) is 0 Å². The van der Waals surface area contributed by atoms with E-state index in [1.165, 1.54) is 0 Å². The van der Waals surface area contributed by atoms with Gasteiger partial charge in [0.1, 0.15) is 5.82 Å². The number of aromatic nitrogens is 3. The highest BCUT2D eigenvalue weighted by Crippen LogP contribution is 2.28. The van der Waals surface area contributed by atoms with Gasteiger partial charge in [0, 0.05) is 35.8 Å². The third kappa shape index (κ3) is 3.59. The Morgan fingerprint density at radius 2 is 1.90 bits per heavy atom. The number of nitrogens with one attached hydrogen (secondary N) is 1. The van der Waals surface area contributed by atoms with Gasteiger partial charge in [-0.3, -0.25) is 9.78 Å². The van der Waals surface area contributed by atoms with Crippen LogP contribution in [0, 0.1) is 6.92 Å². The maximum Gasteiger partial charge on any atom is 0.253 e. The fourth-order valence-electron chi connectivity index (χ4n) is 4.30. The first-order valence-electron chi connectivity index (χ1n) is 10.5. The Hall–Kier alpha value is -3.47. The van der Waals surface area contributed by atoms with Gasteiger partial charge in [-0.05, 0) is 50.1 Å². The molecule has 0 radical (unpaired) electrons. The molecule has 0 aliphatic carbocycles. The Morgan fingerprint density at radius 1 is 1.03 bits per heavy atom. The van der Waals surface area contributed by atoms with E-state index in [0.717, 1.165) is 53.2 Å². The number of likely N-dealkylation sites (tertiary alicyclic amines) is 1. The van der Waals surface area contributed by atoms with E-state index in [1.54, 1.807) is 0 Å². The van der Waals surface area contributed by atoms with Crippen molar-refractivity contribution < 1.29 is 4.79 Å². The van der Waals surface area contributed by atoms with Gasteiger partial charge < -0.3 is 9.88 Å². The number of carbonyl (C=O) groups excluding carboxylic acids is 1. The van der Waals surface area contributed by atoms with Gasteiger partial charge in [-0.1, -0.05) is 36.4 Å². The number of rotatable bonds is 3. The summed E-state index contributed by atoms with van der Waals surface area (Å²) in [6, 6.07) is 22.1. The quantitative estimate of drug-likeness (QED) is 0.533. The molecule has 3 heterocycles. The summed E-state index contributed by atoms with van der Waals surface area (Å²) in [5, 5.41) is 0. The zero-order valence-electron chi connectivity index (χ0n) is 17.0. The smallest absolute Gasteiger partial charge is 0.253 e. The van der Waals surface area contributed by atoms with Crippen LogP contribution in [-0.4, -0.2) is 38.8 Å². The fourth-order valence-corrected chi connectivity index (χ4v) is 4.30. The van der Waals surface area contributed by atoms with Crippen LogP contribution >= 0.6 is 0 Å². The number of aromatic amines is 1. The fraction of sp³-hybridized carbons (Fsp3) is 0.240. The molecule has 0 spiro atoms. The first-order chi connectivity index (χ1) is 14.7. The number of pyridine rings is 1. The number of hydrogen-bond acceptors (Lipinski definition) is 3. The minimum Gasteiger partial charge on any atom is -0.342 e. The SMILES string of the molecule is Cc1nc2ccc(C(=O)N3CCC[C@H](c4cccc(-c5ccccc5)n4)C3)cc2[nH]1. The van der Waals surface area contributed by atoms with Crippen molar-refractivity contribution in [1.29, 1.82) is 0 Å². The molecule has 2 aromatic heterocycles. The average Bonchev–Trinajstić information content (AvgIpc) is 3.18. The van der Waals surface area contributed by atoms with Crippen LogP contribution in [0.25, 0.3) is 22.3 Å². The van der Waals surface area contributed by atoms with Crippen molar-refractivity contribution in [2.75, 3.05) is 13.1 Å². The third-order valence-electron chi connectivity index (χ3n) is 5.81. The second-order valence-corrected chi connectivity index (χ2v) is 7.96. The summed E-state index contributed by atoms with van der Waals surface area (Å²) >= 11 is 0. The van der Waals surface area contributed by atoms with Gasteiger partial charge in [0.25, 0.3) is 5.91 Å². The van der Waals surface area contributed by atoms with Gasteiger partial charge in [-0.15, -0.1) is 0 Å². The lowest BCUT2D eigenvalue weighted by molar-refractivity contribution is 0.0706. The molecule has 2 aromatic carbocycles. The minimum atomic E-state index is 0.0769. The van der Waals surface area contributed by atoms with Gasteiger partial charge in [-0.25, -0.2) is 4.98 Å². The highest BCUT2D eigenvalue weighted by atomic mass is 16.2. The van der Waals surface area contributed by atoms with E-state index in [9.17, 15) is 4.79 Å². The Morgan fingerprint density at radius 3 is 2.77 bits per heavy atom. The molecular weight excluding hydrogens is 372 g/mol. The zero-order valence-corrected chi connectivity index (χ0v) is 17.0. The summed E-state index contributed by atoms with van der Waals surface area (Å²) in [4.78, 5) is 27.7. The molecule has 4 aromatic rings. The monoisotopic (exact) mass is 396 g/mol. The molecule has 0 unspecified atom stereocenters. The Balaban J connectivity index is 1.37. The van der Waals surface area contributed by atoms with E-state index in [2.05, 4.69) is 34.2 Å². The maximum absolute atomic E-state index is 13.2. The second kappa shape index (κ2) is 7.75. The predicted molar refractivity (Wildman–Crippen MR) is 118 cm³/mol. The van der Waals surface area contributed by atoms with Gasteiger partial charge >= 0.3 is 0 Å². The Bertz CT molecular complexity index is 1200. The van der Waals surface area contributed by atoms with Crippen LogP contribution in [-0.2, 0) is 0 Å². The van der Waals surface area contributed by atoms with Crippen molar-refractivity contribution in [2.24, 2.45) is 0 Å². The molecule has 5 rings (SSSR count). The number of imidazole rings is 1. The molecule has 1 atom stereocenters. The van der Waals surface area contributed by atoms with Gasteiger partial charge in [0.2, 0.25) is 0 Å². The second-order valence-electron chi connectivity index (χ2n) is 7.96. The molecule has 150 valence electrons. The predicted octanol–water partition coefficient (Wildman–Crippen LogP) is 4.95. The van der Waals surface area contributed by atoms with Crippen molar-refractivity contribution in [3.8, 4) is 11.3 Å². The standard InChI is InChI=1S/C25H24N4O/c1-17-26-23-13-12-19(15-24(23)27-17)25(30)29-14-6-9-20(16-29)22-11-5-10-21(28-22)18-7-3-2-4-8-18/h2-5,7-8,10-13,15,20H,6,9,14,16H2,1H3,(H,26,27)/t20-/m0/s1. The number of nitrogens with zero attached hydrogens (tertiary/aromatic N) is 3. The van der Waals surface area contributed by atoms with Crippen LogP contribution in [0.4, 0.5) is 0 Å². The summed E-state index contributed by atoms with van der Waals surface area (Å²) in [5.41, 5.74) is 5.67. The number of aryl methyl sites for hydroxylation is 1. The first-order valence-corrected chi connectivity index (χ1v) is 10.5. The lowest BCUT2D eigenvalue weighted by Crippen LogP contribution is -2.39. The highest BCUT2D eigenvalue weighted by molar-refractivity contribution is 5.97. The van der Waals surface area contributed by atoms with Crippen LogP contribution in [0.2, 0.25) is 0 Å². The summed E-state index contributed by atoms with van der Waals surface area (Å²) in [6.45, 7) is 3.41. The molecular formula is C25H24N4O. The average molecular weight is 396 g/mol. The van der Waals surface area contributed by atoms with Crippen LogP contribution in [0.15, 0.2) is 66.7 Å². The lowest BCUT2D eigenvalue weighted by atomic mass is 9.93. The molecule has 5 heteroatoms. The molecule has 0 bridgehead atoms. The molecule has 1 N–H and O–H groups in total. The van der Waals surface area contributed by atoms with Gasteiger partial charge in [-0.2, -0.15) is 0 Å². The van der Waals surface area contributed by atoms with E-state index in [-0.39, 0.29) is 11.8 Å². The normalized spacial score (nSPS) is 16.7. The van der Waals surface area contributed by atoms with E-state index < -0.39 is 0 Å². The van der Waals surface area contributed by atoms with E-state index in [0.29, 0.717) is 12.1 Å². The number of amides is 1. The molecule has 1 amide bonds. The Kier molecular flexibility index (Phi) is 4.79. The molecule has 1 fully saturated rings. The van der Waals surface area contributed by atoms with Crippen LogP contribution in [0.3, 0.4) is 0 Å². The third-order valence-corrected chi connectivity index (χ3v) is 5.81. The van der Waals surface area contributed by atoms with Crippen molar-refractivity contribution in [2.45, 2.75) is 25.7 Å². The topological polar surface area (TPSA) is 61.9 Å². The molecule has 1 saturated heterocycles. The van der Waals surface area contributed by atoms with Crippen molar-refractivity contribution in [1.82, 2.24) is 19.9 Å². The van der Waals surface area contributed by atoms with Crippen LogP contribution in [0.1, 0.15) is 40.6 Å². The summed E-state index contributed by atoms with van der Waals surface area (Å²) in [7, 11) is 0. The molecule has 0 saturated carbocycles. The first kappa shape index (κ1) is 18.6. The minimum absolute atomic E-state index is 0.0769. The van der Waals surface area contributed by atoms with Crippen molar-refractivity contribution >= 4 is 16.9 Å². The number of fused-ring (bicyclic) bond motifs is 1. The van der Waals surface area contributed by atoms with Crippen LogP contribution < -0.4 is 0 Å². The van der Waals surface area contributed by atoms with Crippen LogP contribution in [0.5, 0.6) is 0 Å². The number of H-pyrrole nitrogens is 1. The molecule has 30 heavy (non-hydrogen) atoms. The van der Waals surface area contributed by atoms with E-state index >= 15 is 0 Å². The molecule has 1 aliphatic rings. The zero-order chi connectivity index (χ0) is 20.5. The molecule has 1 aliphatic heterocycles. The lowest BCUT2D eigenvalue weighted by Gasteiger charge is -2.32. The highest BCUT2D eigenvalue weighted by Gasteiger charge is 2.26.